The molecule has 48 heavy (non-hydrogen) atoms. The first-order chi connectivity index (χ1) is 23.1. The summed E-state index contributed by atoms with van der Waals surface area (Å²) in [6, 6.07) is -0.773. The minimum atomic E-state index is -0.995. The van der Waals surface area contributed by atoms with E-state index in [0.717, 1.165) is 44.9 Å². The second-order valence-corrected chi connectivity index (χ2v) is 12.3. The van der Waals surface area contributed by atoms with Crippen molar-refractivity contribution in [1.82, 2.24) is 31.9 Å². The van der Waals surface area contributed by atoms with Crippen molar-refractivity contribution in [2.24, 2.45) is 23.3 Å². The van der Waals surface area contributed by atoms with Crippen LogP contribution in [0.4, 0.5) is 0 Å². The fourth-order valence-electron chi connectivity index (χ4n) is 5.09. The molecule has 3 atom stereocenters. The van der Waals surface area contributed by atoms with Crippen molar-refractivity contribution < 1.29 is 28.8 Å². The molecule has 278 valence electrons. The molecule has 0 aromatic heterocycles. The standard InChI is InChI=1S/C34H66N8O6/c1-4-7-9-10-11-12-31(45)42-29(6-3)30(44)24-26(33(47)41-21-19-38-17-14-36)22-28(43)23-27(34(48)40-15-8-5-2)25-32(46)39-20-18-37-16-13-35/h26-27,29,37-38H,4-25,35-36H2,1-3H3,(H,39,46)(H,40,48)(H,41,47)(H,42,45). The third-order valence-electron chi connectivity index (χ3n) is 7.91. The van der Waals surface area contributed by atoms with Crippen LogP contribution in [0.3, 0.4) is 0 Å². The Morgan fingerprint density at radius 2 is 1.08 bits per heavy atom. The predicted octanol–water partition coefficient (Wildman–Crippen LogP) is 0.418. The quantitative estimate of drug-likeness (QED) is 0.0456. The van der Waals surface area contributed by atoms with Crippen LogP contribution in [0.1, 0.15) is 104 Å². The van der Waals surface area contributed by atoms with Gasteiger partial charge in [0, 0.05) is 91.0 Å². The molecule has 0 radical (unpaired) electrons. The molecule has 0 spiro atoms. The first-order valence-electron chi connectivity index (χ1n) is 18.1. The molecule has 0 saturated carbocycles. The summed E-state index contributed by atoms with van der Waals surface area (Å²) in [5.74, 6) is -4.09. The lowest BCUT2D eigenvalue weighted by molar-refractivity contribution is -0.136. The van der Waals surface area contributed by atoms with Crippen molar-refractivity contribution in [3.05, 3.63) is 0 Å². The van der Waals surface area contributed by atoms with Crippen LogP contribution in [0.15, 0.2) is 0 Å². The van der Waals surface area contributed by atoms with Gasteiger partial charge in [-0.25, -0.2) is 0 Å². The number of unbranched alkanes of at least 4 members (excludes halogenated alkanes) is 5. The molecule has 10 N–H and O–H groups in total. The minimum absolute atomic E-state index is 0.189. The molecular formula is C34H66N8O6. The van der Waals surface area contributed by atoms with E-state index >= 15 is 0 Å². The van der Waals surface area contributed by atoms with Crippen LogP contribution in [-0.4, -0.2) is 100 Å². The van der Waals surface area contributed by atoms with Gasteiger partial charge >= 0.3 is 0 Å². The van der Waals surface area contributed by atoms with Crippen LogP contribution in [-0.2, 0) is 28.8 Å². The Hall–Kier alpha value is -2.94. The molecule has 0 heterocycles. The van der Waals surface area contributed by atoms with E-state index in [-0.39, 0.29) is 49.8 Å². The van der Waals surface area contributed by atoms with Crippen LogP contribution in [0, 0.1) is 11.8 Å². The third-order valence-corrected chi connectivity index (χ3v) is 7.91. The van der Waals surface area contributed by atoms with E-state index in [9.17, 15) is 28.8 Å². The maximum atomic E-state index is 13.4. The molecule has 0 bridgehead atoms. The zero-order valence-electron chi connectivity index (χ0n) is 29.9. The van der Waals surface area contributed by atoms with E-state index in [1.807, 2.05) is 6.92 Å². The molecule has 0 aliphatic carbocycles. The number of nitrogens with one attached hydrogen (secondary N) is 6. The average Bonchev–Trinajstić information content (AvgIpc) is 3.06. The van der Waals surface area contributed by atoms with E-state index in [1.54, 1.807) is 6.92 Å². The number of hydrogen-bond acceptors (Lipinski definition) is 10. The molecule has 0 aliphatic rings. The smallest absolute Gasteiger partial charge is 0.224 e. The summed E-state index contributed by atoms with van der Waals surface area (Å²) in [7, 11) is 0. The highest BCUT2D eigenvalue weighted by molar-refractivity contribution is 5.96. The zero-order chi connectivity index (χ0) is 36.0. The van der Waals surface area contributed by atoms with Crippen molar-refractivity contribution in [3.63, 3.8) is 0 Å². The number of rotatable bonds is 32. The Kier molecular flexibility index (Phi) is 28.3. The Morgan fingerprint density at radius 3 is 1.65 bits per heavy atom. The van der Waals surface area contributed by atoms with Crippen molar-refractivity contribution in [1.29, 1.82) is 0 Å². The maximum Gasteiger partial charge on any atom is 0.224 e. The van der Waals surface area contributed by atoms with Gasteiger partial charge in [-0.05, 0) is 19.3 Å². The lowest BCUT2D eigenvalue weighted by atomic mass is 9.88. The number of ketones is 2. The lowest BCUT2D eigenvalue weighted by Crippen LogP contribution is -2.43. The Bertz CT molecular complexity index is 935. The minimum Gasteiger partial charge on any atom is -0.356 e. The highest BCUT2D eigenvalue weighted by Gasteiger charge is 2.31. The molecule has 0 fully saturated rings. The fraction of sp³-hybridized carbons (Fsp3) is 0.824. The highest BCUT2D eigenvalue weighted by Crippen LogP contribution is 2.19. The number of Topliss-reactive ketones (excluding diaryl/α,β-unsaturated/α-hetero) is 2. The van der Waals surface area contributed by atoms with Gasteiger partial charge in [-0.15, -0.1) is 0 Å². The second-order valence-electron chi connectivity index (χ2n) is 12.3. The zero-order valence-corrected chi connectivity index (χ0v) is 29.9. The summed E-state index contributed by atoms with van der Waals surface area (Å²) in [5.41, 5.74) is 11.0. The van der Waals surface area contributed by atoms with Gasteiger partial charge in [-0.2, -0.15) is 0 Å². The van der Waals surface area contributed by atoms with Crippen LogP contribution < -0.4 is 43.4 Å². The van der Waals surface area contributed by atoms with Crippen molar-refractivity contribution >= 4 is 35.2 Å². The number of hydrogen-bond donors (Lipinski definition) is 8. The van der Waals surface area contributed by atoms with E-state index < -0.39 is 35.5 Å². The number of nitrogens with two attached hydrogens (primary N) is 2. The molecule has 0 aromatic carbocycles. The molecule has 14 nitrogen and oxygen atoms in total. The molecule has 4 amide bonds. The summed E-state index contributed by atoms with van der Waals surface area (Å²) in [6.07, 6.45) is 6.31. The largest absolute Gasteiger partial charge is 0.356 e. The average molecular weight is 683 g/mol. The summed E-state index contributed by atoms with van der Waals surface area (Å²) < 4.78 is 0. The van der Waals surface area contributed by atoms with Crippen molar-refractivity contribution in [2.75, 3.05) is 58.9 Å². The Morgan fingerprint density at radius 1 is 0.542 bits per heavy atom. The summed E-state index contributed by atoms with van der Waals surface area (Å²) in [6.45, 7) is 10.0. The monoisotopic (exact) mass is 683 g/mol. The van der Waals surface area contributed by atoms with Crippen LogP contribution in [0.2, 0.25) is 0 Å². The van der Waals surface area contributed by atoms with Gasteiger partial charge in [0.2, 0.25) is 23.6 Å². The topological polar surface area (TPSA) is 227 Å². The van der Waals surface area contributed by atoms with Crippen molar-refractivity contribution in [2.45, 2.75) is 110 Å². The molecule has 0 rings (SSSR count). The Balaban J connectivity index is 5.58. The molecule has 14 heteroatoms. The molecule has 0 saturated heterocycles. The van der Waals surface area contributed by atoms with E-state index in [1.165, 1.54) is 0 Å². The highest BCUT2D eigenvalue weighted by atomic mass is 16.2. The number of carbonyl (C=O) groups is 6. The SMILES string of the molecule is CCCCCCCC(=O)NC(CC)C(=O)CC(CC(=O)CC(CC(=O)NCCNCCN)C(=O)NCCCC)C(=O)NCCNCCN. The molecule has 0 aromatic rings. The normalized spacial score (nSPS) is 12.9. The van der Waals surface area contributed by atoms with Crippen LogP contribution in [0.5, 0.6) is 0 Å². The van der Waals surface area contributed by atoms with E-state index in [4.69, 9.17) is 11.5 Å². The molecular weight excluding hydrogens is 616 g/mol. The third kappa shape index (κ3) is 23.4. The van der Waals surface area contributed by atoms with Gasteiger partial charge in [-0.1, -0.05) is 52.9 Å². The van der Waals surface area contributed by atoms with Gasteiger partial charge in [0.25, 0.3) is 0 Å². The Labute approximate surface area is 288 Å². The van der Waals surface area contributed by atoms with E-state index in [0.29, 0.717) is 65.2 Å². The summed E-state index contributed by atoms with van der Waals surface area (Å²) >= 11 is 0. The van der Waals surface area contributed by atoms with Gasteiger partial charge in [0.15, 0.2) is 5.78 Å². The summed E-state index contributed by atoms with van der Waals surface area (Å²) in [5, 5.41) is 17.3. The van der Waals surface area contributed by atoms with E-state index in [2.05, 4.69) is 38.8 Å². The molecule has 3 unspecified atom stereocenters. The molecule has 0 aliphatic heterocycles. The summed E-state index contributed by atoms with van der Waals surface area (Å²) in [4.78, 5) is 78.3. The fourth-order valence-corrected chi connectivity index (χ4v) is 5.09. The first-order valence-corrected chi connectivity index (χ1v) is 18.1. The van der Waals surface area contributed by atoms with Gasteiger partial charge in [-0.3, -0.25) is 28.8 Å². The van der Waals surface area contributed by atoms with Gasteiger partial charge < -0.3 is 43.4 Å². The van der Waals surface area contributed by atoms with Gasteiger partial charge in [0.1, 0.15) is 5.78 Å². The van der Waals surface area contributed by atoms with Gasteiger partial charge in [0.05, 0.1) is 17.9 Å². The number of amides is 4. The first kappa shape index (κ1) is 45.1. The lowest BCUT2D eigenvalue weighted by Gasteiger charge is -2.21. The van der Waals surface area contributed by atoms with Crippen molar-refractivity contribution in [3.8, 4) is 0 Å². The second kappa shape index (κ2) is 30.1. The van der Waals surface area contributed by atoms with Crippen LogP contribution in [0.25, 0.3) is 0 Å². The maximum absolute atomic E-state index is 13.4. The predicted molar refractivity (Wildman–Crippen MR) is 189 cm³/mol. The number of carbonyl (C=O) groups excluding carboxylic acids is 6. The van der Waals surface area contributed by atoms with Crippen LogP contribution >= 0.6 is 0 Å².